The van der Waals surface area contributed by atoms with Crippen LogP contribution in [0.3, 0.4) is 0 Å². The first-order valence-electron chi connectivity index (χ1n) is 9.28. The molecule has 1 amide bonds. The van der Waals surface area contributed by atoms with Crippen molar-refractivity contribution in [3.8, 4) is 5.75 Å². The summed E-state index contributed by atoms with van der Waals surface area (Å²) >= 11 is 0. The first-order valence-corrected chi connectivity index (χ1v) is 9.28. The van der Waals surface area contributed by atoms with Gasteiger partial charge in [0.25, 0.3) is 11.6 Å². The zero-order valence-electron chi connectivity index (χ0n) is 16.2. The van der Waals surface area contributed by atoms with Gasteiger partial charge in [0, 0.05) is 44.4 Å². The van der Waals surface area contributed by atoms with Gasteiger partial charge in [0.05, 0.1) is 16.2 Å². The van der Waals surface area contributed by atoms with Crippen molar-refractivity contribution < 1.29 is 27.6 Å². The van der Waals surface area contributed by atoms with Gasteiger partial charge in [-0.25, -0.2) is 0 Å². The van der Waals surface area contributed by atoms with Gasteiger partial charge in [-0.15, -0.1) is 13.2 Å². The van der Waals surface area contributed by atoms with E-state index in [-0.39, 0.29) is 23.4 Å². The van der Waals surface area contributed by atoms with Gasteiger partial charge >= 0.3 is 6.36 Å². The lowest BCUT2D eigenvalue weighted by Gasteiger charge is -2.24. The number of alkyl halides is 3. The zero-order chi connectivity index (χ0) is 21.9. The zero-order valence-corrected chi connectivity index (χ0v) is 16.2. The largest absolute Gasteiger partial charge is 0.573 e. The number of nitro groups is 1. The third-order valence-electron chi connectivity index (χ3n) is 4.82. The first-order chi connectivity index (χ1) is 14.2. The van der Waals surface area contributed by atoms with Crippen LogP contribution in [0.2, 0.25) is 0 Å². The van der Waals surface area contributed by atoms with Gasteiger partial charge in [0.1, 0.15) is 5.75 Å². The second kappa shape index (κ2) is 8.60. The SMILES string of the molecule is CN(Cc1ccccc1OC(F)(F)F)C(=O)c1cc([N+](=O)[O-])ccc1N1CCCC1. The number of halogens is 3. The highest BCUT2D eigenvalue weighted by Crippen LogP contribution is 2.31. The highest BCUT2D eigenvalue weighted by atomic mass is 19.4. The highest BCUT2D eigenvalue weighted by molar-refractivity contribution is 6.00. The minimum Gasteiger partial charge on any atom is -0.405 e. The third kappa shape index (κ3) is 5.00. The predicted octanol–water partition coefficient (Wildman–Crippen LogP) is 4.37. The molecule has 1 saturated heterocycles. The number of hydrogen-bond donors (Lipinski definition) is 0. The number of rotatable bonds is 6. The summed E-state index contributed by atoms with van der Waals surface area (Å²) in [5, 5.41) is 11.2. The molecule has 0 spiro atoms. The average molecular weight is 423 g/mol. The van der Waals surface area contributed by atoms with Crippen LogP contribution in [-0.2, 0) is 6.54 Å². The summed E-state index contributed by atoms with van der Waals surface area (Å²) < 4.78 is 42.0. The lowest BCUT2D eigenvalue weighted by Crippen LogP contribution is -2.29. The summed E-state index contributed by atoms with van der Waals surface area (Å²) in [6, 6.07) is 9.65. The van der Waals surface area contributed by atoms with Crippen molar-refractivity contribution >= 4 is 17.3 Å². The number of carbonyl (C=O) groups excluding carboxylic acids is 1. The maximum Gasteiger partial charge on any atom is 0.573 e. The van der Waals surface area contributed by atoms with Crippen molar-refractivity contribution in [1.29, 1.82) is 0 Å². The molecule has 1 aliphatic heterocycles. The van der Waals surface area contributed by atoms with E-state index in [1.54, 1.807) is 12.1 Å². The van der Waals surface area contributed by atoms with E-state index in [1.165, 1.54) is 42.3 Å². The molecule has 0 N–H and O–H groups in total. The second-order valence-corrected chi connectivity index (χ2v) is 6.97. The van der Waals surface area contributed by atoms with Crippen LogP contribution >= 0.6 is 0 Å². The lowest BCUT2D eigenvalue weighted by molar-refractivity contribution is -0.384. The molecular weight excluding hydrogens is 403 g/mol. The van der Waals surface area contributed by atoms with Gasteiger partial charge < -0.3 is 14.5 Å². The van der Waals surface area contributed by atoms with Crippen molar-refractivity contribution in [3.05, 3.63) is 63.7 Å². The molecule has 0 unspecified atom stereocenters. The molecule has 7 nitrogen and oxygen atoms in total. The third-order valence-corrected chi connectivity index (χ3v) is 4.82. The van der Waals surface area contributed by atoms with Gasteiger partial charge in [-0.05, 0) is 25.0 Å². The second-order valence-electron chi connectivity index (χ2n) is 6.97. The molecule has 2 aromatic carbocycles. The van der Waals surface area contributed by atoms with Crippen molar-refractivity contribution in [2.24, 2.45) is 0 Å². The first kappa shape index (κ1) is 21.4. The van der Waals surface area contributed by atoms with Crippen molar-refractivity contribution in [3.63, 3.8) is 0 Å². The molecule has 0 aliphatic carbocycles. The molecule has 0 saturated carbocycles. The quantitative estimate of drug-likeness (QED) is 0.510. The minimum absolute atomic E-state index is 0.142. The van der Waals surface area contributed by atoms with E-state index >= 15 is 0 Å². The summed E-state index contributed by atoms with van der Waals surface area (Å²) in [6.07, 6.45) is -2.97. The Labute approximate surface area is 170 Å². The Kier molecular flexibility index (Phi) is 6.14. The standard InChI is InChI=1S/C20H20F3N3O4/c1-24(13-14-6-2-3-7-18(14)30-20(21,22)23)19(27)16-12-15(26(28)29)8-9-17(16)25-10-4-5-11-25/h2-3,6-9,12H,4-5,10-11,13H2,1H3. The number of anilines is 1. The maximum atomic E-state index is 13.1. The Morgan fingerprint density at radius 3 is 2.50 bits per heavy atom. The Morgan fingerprint density at radius 1 is 1.20 bits per heavy atom. The Hall–Kier alpha value is -3.30. The average Bonchev–Trinajstić information content (AvgIpc) is 3.22. The molecule has 1 aliphatic rings. The number of ether oxygens (including phenoxy) is 1. The lowest BCUT2D eigenvalue weighted by atomic mass is 10.1. The van der Waals surface area contributed by atoms with Gasteiger partial charge in [0.2, 0.25) is 0 Å². The van der Waals surface area contributed by atoms with Gasteiger partial charge in [-0.1, -0.05) is 18.2 Å². The fraction of sp³-hybridized carbons (Fsp3) is 0.350. The molecule has 3 rings (SSSR count). The summed E-state index contributed by atoms with van der Waals surface area (Å²) in [4.78, 5) is 26.9. The molecule has 160 valence electrons. The molecule has 0 bridgehead atoms. The van der Waals surface area contributed by atoms with Gasteiger partial charge in [-0.3, -0.25) is 14.9 Å². The molecular formula is C20H20F3N3O4. The molecule has 0 atom stereocenters. The van der Waals surface area contributed by atoms with Crippen LogP contribution in [-0.4, -0.2) is 42.2 Å². The number of carbonyl (C=O) groups is 1. The molecule has 1 fully saturated rings. The number of non-ortho nitro benzene ring substituents is 1. The van der Waals surface area contributed by atoms with Gasteiger partial charge in [-0.2, -0.15) is 0 Å². The number of nitro benzene ring substituents is 1. The maximum absolute atomic E-state index is 13.1. The van der Waals surface area contributed by atoms with E-state index in [9.17, 15) is 28.1 Å². The van der Waals surface area contributed by atoms with Crippen LogP contribution < -0.4 is 9.64 Å². The van der Waals surface area contributed by atoms with Crippen LogP contribution in [0.5, 0.6) is 5.75 Å². The number of amides is 1. The molecule has 10 heteroatoms. The smallest absolute Gasteiger partial charge is 0.405 e. The summed E-state index contributed by atoms with van der Waals surface area (Å²) in [5.74, 6) is -0.925. The van der Waals surface area contributed by atoms with Crippen molar-refractivity contribution in [1.82, 2.24) is 4.90 Å². The summed E-state index contributed by atoms with van der Waals surface area (Å²) in [6.45, 7) is 1.29. The van der Waals surface area contributed by atoms with Crippen molar-refractivity contribution in [2.75, 3.05) is 25.0 Å². The number of benzene rings is 2. The number of para-hydroxylation sites is 1. The van der Waals surface area contributed by atoms with E-state index in [0.29, 0.717) is 5.69 Å². The molecule has 30 heavy (non-hydrogen) atoms. The highest BCUT2D eigenvalue weighted by Gasteiger charge is 2.32. The fourth-order valence-electron chi connectivity index (χ4n) is 3.43. The molecule has 0 aromatic heterocycles. The van der Waals surface area contributed by atoms with Crippen molar-refractivity contribution in [2.45, 2.75) is 25.7 Å². The Balaban J connectivity index is 1.89. The van der Waals surface area contributed by atoms with E-state index in [0.717, 1.165) is 25.9 Å². The summed E-state index contributed by atoms with van der Waals surface area (Å²) in [5.41, 5.74) is 0.659. The number of hydrogen-bond acceptors (Lipinski definition) is 5. The predicted molar refractivity (Wildman–Crippen MR) is 103 cm³/mol. The topological polar surface area (TPSA) is 75.9 Å². The Bertz CT molecular complexity index is 943. The summed E-state index contributed by atoms with van der Waals surface area (Å²) in [7, 11) is 1.43. The van der Waals surface area contributed by atoms with Crippen LogP contribution in [0.15, 0.2) is 42.5 Å². The fourth-order valence-corrected chi connectivity index (χ4v) is 3.43. The monoisotopic (exact) mass is 423 g/mol. The van der Waals surface area contributed by atoms with Gasteiger partial charge in [0.15, 0.2) is 0 Å². The normalized spacial score (nSPS) is 13.9. The Morgan fingerprint density at radius 2 is 1.87 bits per heavy atom. The molecule has 2 aromatic rings. The van der Waals surface area contributed by atoms with E-state index in [2.05, 4.69) is 4.74 Å². The molecule has 1 heterocycles. The van der Waals surface area contributed by atoms with E-state index in [1.807, 2.05) is 4.90 Å². The molecule has 0 radical (unpaired) electrons. The minimum atomic E-state index is -4.86. The van der Waals surface area contributed by atoms with E-state index in [4.69, 9.17) is 0 Å². The van der Waals surface area contributed by atoms with Crippen LogP contribution in [0.1, 0.15) is 28.8 Å². The van der Waals surface area contributed by atoms with E-state index < -0.39 is 22.9 Å². The number of nitrogens with zero attached hydrogens (tertiary/aromatic N) is 3. The van der Waals surface area contributed by atoms with Crippen LogP contribution in [0.4, 0.5) is 24.5 Å². The van der Waals surface area contributed by atoms with Crippen LogP contribution in [0, 0.1) is 10.1 Å². The van der Waals surface area contributed by atoms with Crippen LogP contribution in [0.25, 0.3) is 0 Å².